The Kier molecular flexibility index (Phi) is 5.18. The topological polar surface area (TPSA) is 75.6 Å². The molecule has 2 N–H and O–H groups in total. The van der Waals surface area contributed by atoms with Crippen molar-refractivity contribution in [3.05, 3.63) is 35.9 Å². The van der Waals surface area contributed by atoms with Crippen LogP contribution in [0.25, 0.3) is 0 Å². The fraction of sp³-hybridized carbons (Fsp3) is 0.429. The van der Waals surface area contributed by atoms with E-state index in [4.69, 9.17) is 9.76 Å². The number of carboxylic acids is 1. The molecule has 20 heavy (non-hydrogen) atoms. The lowest BCUT2D eigenvalue weighted by Crippen LogP contribution is -2.45. The van der Waals surface area contributed by atoms with Gasteiger partial charge in [-0.25, -0.2) is 0 Å². The summed E-state index contributed by atoms with van der Waals surface area (Å²) in [7, 11) is 0.387. The molecule has 1 aromatic rings. The molecule has 2 atom stereocenters. The van der Waals surface area contributed by atoms with Crippen molar-refractivity contribution in [1.29, 1.82) is 0 Å². The third kappa shape index (κ3) is 4.70. The molecule has 0 unspecified atom stereocenters. The summed E-state index contributed by atoms with van der Waals surface area (Å²) >= 11 is 0. The van der Waals surface area contributed by atoms with Crippen molar-refractivity contribution in [2.24, 2.45) is 0 Å². The van der Waals surface area contributed by atoms with Crippen molar-refractivity contribution in [3.8, 4) is 0 Å². The van der Waals surface area contributed by atoms with Crippen LogP contribution in [-0.4, -0.2) is 36.5 Å². The van der Waals surface area contributed by atoms with Crippen molar-refractivity contribution in [2.45, 2.75) is 37.7 Å². The normalized spacial score (nSPS) is 21.8. The number of hydrogen-bond donors (Lipinski definition) is 2. The lowest BCUT2D eigenvalue weighted by Gasteiger charge is -2.28. The molecule has 1 heterocycles. The summed E-state index contributed by atoms with van der Waals surface area (Å²) < 4.78 is 5.46. The van der Waals surface area contributed by atoms with Gasteiger partial charge < -0.3 is 15.1 Å². The zero-order valence-corrected chi connectivity index (χ0v) is 11.2. The predicted molar refractivity (Wildman–Crippen MR) is 75.6 cm³/mol. The van der Waals surface area contributed by atoms with E-state index in [0.29, 0.717) is 20.3 Å². The van der Waals surface area contributed by atoms with E-state index in [-0.39, 0.29) is 24.4 Å². The Morgan fingerprint density at radius 2 is 2.05 bits per heavy atom. The number of rotatable bonds is 5. The van der Waals surface area contributed by atoms with Crippen LogP contribution in [0.5, 0.6) is 0 Å². The summed E-state index contributed by atoms with van der Waals surface area (Å²) in [4.78, 5) is 22.5. The Morgan fingerprint density at radius 3 is 2.65 bits per heavy atom. The summed E-state index contributed by atoms with van der Waals surface area (Å²) in [6.07, 6.45) is 1.59. The predicted octanol–water partition coefficient (Wildman–Crippen LogP) is 0.677. The van der Waals surface area contributed by atoms with Gasteiger partial charge in [0.15, 0.2) is 0 Å². The Morgan fingerprint density at radius 1 is 1.30 bits per heavy atom. The molecule has 1 saturated heterocycles. The fourth-order valence-corrected chi connectivity index (χ4v) is 2.34. The first-order valence-corrected chi connectivity index (χ1v) is 6.80. The van der Waals surface area contributed by atoms with E-state index >= 15 is 0 Å². The molecule has 1 aliphatic heterocycles. The molecule has 0 bridgehead atoms. The Bertz CT molecular complexity index is 458. The zero-order valence-electron chi connectivity index (χ0n) is 11.2. The maximum absolute atomic E-state index is 11.9. The minimum atomic E-state index is -0.846. The van der Waals surface area contributed by atoms with Gasteiger partial charge in [0.05, 0.1) is 18.9 Å². The molecule has 1 amide bonds. The molecule has 2 rings (SSSR count). The van der Waals surface area contributed by atoms with Crippen molar-refractivity contribution >= 4 is 19.4 Å². The van der Waals surface area contributed by atoms with Gasteiger partial charge in [0.1, 0.15) is 0 Å². The third-order valence-corrected chi connectivity index (χ3v) is 3.35. The van der Waals surface area contributed by atoms with Crippen LogP contribution in [0, 0.1) is 0 Å². The van der Waals surface area contributed by atoms with Crippen molar-refractivity contribution in [1.82, 2.24) is 5.32 Å². The van der Waals surface area contributed by atoms with Gasteiger partial charge in [-0.15, -0.1) is 0 Å². The highest BCUT2D eigenvalue weighted by atomic mass is 16.4. The van der Waals surface area contributed by atoms with E-state index in [1.165, 1.54) is 0 Å². The van der Waals surface area contributed by atoms with Crippen molar-refractivity contribution < 1.29 is 19.3 Å². The second kappa shape index (κ2) is 7.10. The van der Waals surface area contributed by atoms with Gasteiger partial charge in [-0.3, -0.25) is 9.59 Å². The van der Waals surface area contributed by atoms with Crippen LogP contribution in [0.1, 0.15) is 24.8 Å². The van der Waals surface area contributed by atoms with Gasteiger partial charge in [0.25, 0.3) is 7.48 Å². The monoisotopic (exact) mass is 275 g/mol. The summed E-state index contributed by atoms with van der Waals surface area (Å²) in [5, 5.41) is 11.6. The van der Waals surface area contributed by atoms with E-state index in [0.717, 1.165) is 12.0 Å². The van der Waals surface area contributed by atoms with Crippen molar-refractivity contribution in [2.75, 3.05) is 0 Å². The average molecular weight is 275 g/mol. The van der Waals surface area contributed by atoms with E-state index in [1.54, 1.807) is 0 Å². The molecule has 5 nitrogen and oxygen atoms in total. The highest BCUT2D eigenvalue weighted by Crippen LogP contribution is 2.15. The summed E-state index contributed by atoms with van der Waals surface area (Å²) in [6.45, 7) is 0. The van der Waals surface area contributed by atoms with Crippen molar-refractivity contribution in [3.63, 3.8) is 0 Å². The number of carbonyl (C=O) groups excluding carboxylic acids is 1. The smallest absolute Gasteiger partial charge is 0.305 e. The van der Waals surface area contributed by atoms with Crippen LogP contribution in [0.15, 0.2) is 30.3 Å². The quantitative estimate of drug-likeness (QED) is 0.775. The third-order valence-electron chi connectivity index (χ3n) is 3.35. The lowest BCUT2D eigenvalue weighted by atomic mass is 9.79. The summed E-state index contributed by atoms with van der Waals surface area (Å²) in [5.74, 6) is -0.890. The fourth-order valence-electron chi connectivity index (χ4n) is 2.34. The van der Waals surface area contributed by atoms with E-state index in [9.17, 15) is 9.59 Å². The molecule has 6 heteroatoms. The van der Waals surface area contributed by atoms with Gasteiger partial charge in [-0.1, -0.05) is 30.3 Å². The molecule has 1 aromatic carbocycles. The first-order valence-electron chi connectivity index (χ1n) is 6.80. The van der Waals surface area contributed by atoms with Crippen LogP contribution < -0.4 is 5.32 Å². The molecule has 106 valence electrons. The molecular weight excluding hydrogens is 257 g/mol. The average Bonchev–Trinajstić information content (AvgIpc) is 2.41. The van der Waals surface area contributed by atoms with Gasteiger partial charge in [-0.2, -0.15) is 0 Å². The molecule has 1 aliphatic rings. The number of carbonyl (C=O) groups is 2. The minimum Gasteiger partial charge on any atom is -0.481 e. The Hall–Kier alpha value is -1.82. The highest BCUT2D eigenvalue weighted by molar-refractivity contribution is 6.30. The maximum atomic E-state index is 11.9. The van der Waals surface area contributed by atoms with E-state index in [1.807, 2.05) is 30.3 Å². The van der Waals surface area contributed by atoms with Crippen LogP contribution in [0.4, 0.5) is 0 Å². The lowest BCUT2D eigenvalue weighted by molar-refractivity contribution is -0.139. The van der Waals surface area contributed by atoms with Gasteiger partial charge in [0, 0.05) is 5.94 Å². The number of hydrogen-bond acceptors (Lipinski definition) is 3. The number of carboxylic acid groups (broad SMARTS) is 1. The van der Waals surface area contributed by atoms with Crippen LogP contribution in [0.3, 0.4) is 0 Å². The Balaban J connectivity index is 1.72. The summed E-state index contributed by atoms with van der Waals surface area (Å²) in [5.41, 5.74) is 0.977. The molecule has 0 spiro atoms. The second-order valence-corrected chi connectivity index (χ2v) is 5.06. The standard InChI is InChI=1S/C14H18BNO4/c17-13(8-10-4-2-1-3-5-10)16-12-7-6-11(20-15-12)9-14(18)19/h1-5,11-12,15H,6-9H2,(H,16,17)(H,18,19)/t11-,12-/m0/s1. The second-order valence-electron chi connectivity index (χ2n) is 5.06. The van der Waals surface area contributed by atoms with Gasteiger partial charge in [-0.05, 0) is 18.4 Å². The van der Waals surface area contributed by atoms with Crippen LogP contribution >= 0.6 is 0 Å². The highest BCUT2D eigenvalue weighted by Gasteiger charge is 2.25. The minimum absolute atomic E-state index is 0.0174. The molecule has 0 radical (unpaired) electrons. The SMILES string of the molecule is O=C(O)C[C@@H]1CC[C@H](NC(=O)Cc2ccccc2)BO1. The largest absolute Gasteiger partial charge is 0.481 e. The first kappa shape index (κ1) is 14.6. The molecule has 0 aromatic heterocycles. The summed E-state index contributed by atoms with van der Waals surface area (Å²) in [6, 6.07) is 9.56. The zero-order chi connectivity index (χ0) is 14.4. The number of nitrogens with one attached hydrogen (secondary N) is 1. The van der Waals surface area contributed by atoms with E-state index < -0.39 is 5.97 Å². The molecule has 0 saturated carbocycles. The first-order chi connectivity index (χ1) is 9.63. The Labute approximate surface area is 118 Å². The molecular formula is C14H18BNO4. The number of aliphatic carboxylic acids is 1. The number of amides is 1. The number of benzene rings is 1. The van der Waals surface area contributed by atoms with E-state index in [2.05, 4.69) is 5.32 Å². The maximum Gasteiger partial charge on any atom is 0.305 e. The molecule has 0 aliphatic carbocycles. The van der Waals surface area contributed by atoms with Gasteiger partial charge >= 0.3 is 5.97 Å². The molecule has 1 fully saturated rings. The van der Waals surface area contributed by atoms with Crippen LogP contribution in [-0.2, 0) is 20.7 Å². The van der Waals surface area contributed by atoms with Crippen LogP contribution in [0.2, 0.25) is 0 Å². The van der Waals surface area contributed by atoms with Gasteiger partial charge in [0.2, 0.25) is 5.91 Å².